The fraction of sp³-hybridized carbons (Fsp3) is 0.667. The third kappa shape index (κ3) is 6.12. The van der Waals surface area contributed by atoms with Gasteiger partial charge in [0, 0.05) is 29.5 Å². The van der Waals surface area contributed by atoms with E-state index in [0.29, 0.717) is 0 Å². The molecule has 0 spiro atoms. The number of hydrogen-bond donors (Lipinski definition) is 2. The normalized spacial score (nSPS) is 22.0. The number of ether oxygens (including phenoxy) is 1. The summed E-state index contributed by atoms with van der Waals surface area (Å²) in [5.74, 6) is 0.871. The van der Waals surface area contributed by atoms with Crippen LogP contribution in [-0.4, -0.2) is 31.3 Å². The second-order valence-corrected chi connectivity index (χ2v) is 6.84. The van der Waals surface area contributed by atoms with Gasteiger partial charge in [0.05, 0.1) is 12.1 Å². The second-order valence-electron chi connectivity index (χ2n) is 5.46. The predicted octanol–water partition coefficient (Wildman–Crippen LogP) is 3.30. The average Bonchev–Trinajstić information content (AvgIpc) is 3.03. The molecule has 0 amide bonds. The molecule has 2 N–H and O–H groups in total. The van der Waals surface area contributed by atoms with Crippen molar-refractivity contribution in [1.82, 2.24) is 10.6 Å². The van der Waals surface area contributed by atoms with E-state index in [2.05, 4.69) is 48.5 Å². The van der Waals surface area contributed by atoms with E-state index in [-0.39, 0.29) is 29.6 Å². The van der Waals surface area contributed by atoms with Gasteiger partial charge in [0.1, 0.15) is 0 Å². The van der Waals surface area contributed by atoms with E-state index in [9.17, 15) is 0 Å². The first-order valence-corrected chi connectivity index (χ1v) is 8.14. The summed E-state index contributed by atoms with van der Waals surface area (Å²) in [6.45, 7) is 9.65. The van der Waals surface area contributed by atoms with Crippen molar-refractivity contribution >= 4 is 41.3 Å². The zero-order chi connectivity index (χ0) is 14.4. The lowest BCUT2D eigenvalue weighted by molar-refractivity contribution is 0.0243. The molecule has 1 saturated heterocycles. The first-order chi connectivity index (χ1) is 9.61. The molecule has 1 aromatic rings. The molecule has 1 atom stereocenters. The van der Waals surface area contributed by atoms with Gasteiger partial charge in [-0.2, -0.15) is 0 Å². The largest absolute Gasteiger partial charge is 0.373 e. The standard InChI is InChI=1S/C15H25N3OS.HI/c1-4-16-14(17-10-13-7-6-12(2)20-13)18-11-15(3)8-5-9-19-15;/h6-7H,4-5,8-11H2,1-3H3,(H2,16,17,18);1H. The van der Waals surface area contributed by atoms with Gasteiger partial charge in [-0.3, -0.25) is 0 Å². The van der Waals surface area contributed by atoms with Gasteiger partial charge in [0.25, 0.3) is 0 Å². The van der Waals surface area contributed by atoms with Crippen molar-refractivity contribution in [3.05, 3.63) is 21.9 Å². The molecule has 21 heavy (non-hydrogen) atoms. The Labute approximate surface area is 148 Å². The van der Waals surface area contributed by atoms with Crippen molar-refractivity contribution in [2.45, 2.75) is 45.8 Å². The molecule has 120 valence electrons. The number of aryl methyl sites for hydroxylation is 1. The minimum Gasteiger partial charge on any atom is -0.373 e. The minimum absolute atomic E-state index is 0. The zero-order valence-corrected chi connectivity index (χ0v) is 16.2. The molecule has 1 unspecified atom stereocenters. The van der Waals surface area contributed by atoms with Crippen molar-refractivity contribution in [2.75, 3.05) is 19.7 Å². The quantitative estimate of drug-likeness (QED) is 0.434. The highest BCUT2D eigenvalue weighted by Gasteiger charge is 2.29. The van der Waals surface area contributed by atoms with Crippen LogP contribution in [0.3, 0.4) is 0 Å². The van der Waals surface area contributed by atoms with Gasteiger partial charge in [0.2, 0.25) is 0 Å². The summed E-state index contributed by atoms with van der Waals surface area (Å²) in [6, 6.07) is 4.29. The van der Waals surface area contributed by atoms with Crippen LogP contribution in [0.1, 0.15) is 36.4 Å². The van der Waals surface area contributed by atoms with Gasteiger partial charge in [0.15, 0.2) is 5.96 Å². The molecule has 0 aliphatic carbocycles. The molecular formula is C15H26IN3OS. The van der Waals surface area contributed by atoms with E-state index in [0.717, 1.165) is 45.0 Å². The molecule has 2 rings (SSSR count). The van der Waals surface area contributed by atoms with Crippen molar-refractivity contribution in [1.29, 1.82) is 0 Å². The Kier molecular flexibility index (Phi) is 7.97. The molecule has 0 saturated carbocycles. The number of aliphatic imine (C=N–C) groups is 1. The Bertz CT molecular complexity index is 456. The van der Waals surface area contributed by atoms with Crippen LogP contribution in [0.4, 0.5) is 0 Å². The third-order valence-electron chi connectivity index (χ3n) is 3.46. The van der Waals surface area contributed by atoms with Crippen LogP contribution < -0.4 is 10.6 Å². The molecule has 0 aromatic carbocycles. The maximum absolute atomic E-state index is 5.79. The Hall–Kier alpha value is -0.340. The summed E-state index contributed by atoms with van der Waals surface area (Å²) in [5, 5.41) is 6.69. The number of rotatable bonds is 5. The fourth-order valence-corrected chi connectivity index (χ4v) is 3.13. The molecule has 4 nitrogen and oxygen atoms in total. The molecular weight excluding hydrogens is 397 g/mol. The van der Waals surface area contributed by atoms with E-state index in [1.165, 1.54) is 9.75 Å². The van der Waals surface area contributed by atoms with Crippen LogP contribution in [0.2, 0.25) is 0 Å². The zero-order valence-electron chi connectivity index (χ0n) is 13.1. The van der Waals surface area contributed by atoms with Gasteiger partial charge in [-0.15, -0.1) is 35.3 Å². The lowest BCUT2D eigenvalue weighted by Crippen LogP contribution is -2.45. The fourth-order valence-electron chi connectivity index (χ4n) is 2.32. The van der Waals surface area contributed by atoms with Crippen molar-refractivity contribution in [2.24, 2.45) is 4.99 Å². The van der Waals surface area contributed by atoms with E-state index in [1.54, 1.807) is 11.3 Å². The van der Waals surface area contributed by atoms with Gasteiger partial charge < -0.3 is 15.4 Å². The smallest absolute Gasteiger partial charge is 0.191 e. The van der Waals surface area contributed by atoms with E-state index >= 15 is 0 Å². The van der Waals surface area contributed by atoms with Gasteiger partial charge in [-0.25, -0.2) is 4.99 Å². The number of hydrogen-bond acceptors (Lipinski definition) is 3. The number of nitrogens with zero attached hydrogens (tertiary/aromatic N) is 1. The maximum Gasteiger partial charge on any atom is 0.191 e. The van der Waals surface area contributed by atoms with Crippen LogP contribution in [0, 0.1) is 6.92 Å². The van der Waals surface area contributed by atoms with Gasteiger partial charge in [-0.05, 0) is 45.7 Å². The van der Waals surface area contributed by atoms with E-state index < -0.39 is 0 Å². The lowest BCUT2D eigenvalue weighted by Gasteiger charge is -2.24. The third-order valence-corrected chi connectivity index (χ3v) is 4.45. The van der Waals surface area contributed by atoms with Crippen LogP contribution in [0.5, 0.6) is 0 Å². The van der Waals surface area contributed by atoms with Crippen LogP contribution in [0.15, 0.2) is 17.1 Å². The lowest BCUT2D eigenvalue weighted by atomic mass is 10.0. The molecule has 1 aliphatic rings. The molecule has 0 bridgehead atoms. The highest BCUT2D eigenvalue weighted by atomic mass is 127. The second kappa shape index (κ2) is 8.95. The highest BCUT2D eigenvalue weighted by molar-refractivity contribution is 14.0. The summed E-state index contributed by atoms with van der Waals surface area (Å²) in [4.78, 5) is 7.27. The minimum atomic E-state index is -0.0459. The Balaban J connectivity index is 0.00000220. The van der Waals surface area contributed by atoms with E-state index in [4.69, 9.17) is 4.74 Å². The van der Waals surface area contributed by atoms with Crippen molar-refractivity contribution in [3.63, 3.8) is 0 Å². The summed E-state index contributed by atoms with van der Waals surface area (Å²) in [5.41, 5.74) is -0.0459. The Morgan fingerprint density at radius 3 is 2.81 bits per heavy atom. The first-order valence-electron chi connectivity index (χ1n) is 7.33. The average molecular weight is 423 g/mol. The van der Waals surface area contributed by atoms with Crippen LogP contribution in [0.25, 0.3) is 0 Å². The molecule has 1 aliphatic heterocycles. The van der Waals surface area contributed by atoms with Crippen molar-refractivity contribution < 1.29 is 4.74 Å². The van der Waals surface area contributed by atoms with Crippen LogP contribution >= 0.6 is 35.3 Å². The molecule has 2 heterocycles. The first kappa shape index (κ1) is 18.7. The summed E-state index contributed by atoms with van der Waals surface area (Å²) >= 11 is 1.80. The summed E-state index contributed by atoms with van der Waals surface area (Å²) < 4.78 is 5.79. The highest BCUT2D eigenvalue weighted by Crippen LogP contribution is 2.23. The molecule has 1 fully saturated rings. The van der Waals surface area contributed by atoms with Gasteiger partial charge in [-0.1, -0.05) is 0 Å². The monoisotopic (exact) mass is 423 g/mol. The molecule has 6 heteroatoms. The SMILES string of the molecule is CCNC(=NCc1ccc(C)s1)NCC1(C)CCCO1.I. The summed E-state index contributed by atoms with van der Waals surface area (Å²) in [6.07, 6.45) is 2.27. The number of nitrogens with one attached hydrogen (secondary N) is 2. The number of thiophene rings is 1. The number of guanidine groups is 1. The Morgan fingerprint density at radius 1 is 1.43 bits per heavy atom. The summed E-state index contributed by atoms with van der Waals surface area (Å²) in [7, 11) is 0. The molecule has 1 aromatic heterocycles. The number of halogens is 1. The van der Waals surface area contributed by atoms with Crippen LogP contribution in [-0.2, 0) is 11.3 Å². The predicted molar refractivity (Wildman–Crippen MR) is 101 cm³/mol. The van der Waals surface area contributed by atoms with Crippen molar-refractivity contribution in [3.8, 4) is 0 Å². The van der Waals surface area contributed by atoms with Gasteiger partial charge >= 0.3 is 0 Å². The topological polar surface area (TPSA) is 45.7 Å². The Morgan fingerprint density at radius 2 is 2.24 bits per heavy atom. The maximum atomic E-state index is 5.79. The molecule has 0 radical (unpaired) electrons. The van der Waals surface area contributed by atoms with E-state index in [1.807, 2.05) is 0 Å².